The molecule has 8 rings (SSSR count). The van der Waals surface area contributed by atoms with E-state index in [1.54, 1.807) is 0 Å². The Kier molecular flexibility index (Phi) is 6.13. The van der Waals surface area contributed by atoms with Gasteiger partial charge in [-0.15, -0.1) is 0 Å². The summed E-state index contributed by atoms with van der Waals surface area (Å²) in [7, 11) is 0. The molecule has 0 radical (unpaired) electrons. The Balaban J connectivity index is 1.45. The zero-order chi connectivity index (χ0) is 29.8. The lowest BCUT2D eigenvalue weighted by molar-refractivity contribution is 0.591. The third kappa shape index (κ3) is 4.38. The Morgan fingerprint density at radius 1 is 0.341 bits per heavy atom. The highest BCUT2D eigenvalue weighted by Crippen LogP contribution is 2.46. The predicted octanol–water partition coefficient (Wildman–Crippen LogP) is 12.6. The number of hydrogen-bond acceptors (Lipinski definition) is 0. The van der Waals surface area contributed by atoms with Crippen molar-refractivity contribution in [3.05, 3.63) is 157 Å². The van der Waals surface area contributed by atoms with E-state index in [0.717, 1.165) is 0 Å². The fraction of sp³-hybridized carbons (Fsp3) is 0.0909. The highest BCUT2D eigenvalue weighted by Gasteiger charge is 2.21. The molecule has 0 N–H and O–H groups in total. The van der Waals surface area contributed by atoms with E-state index in [1.165, 1.54) is 82.0 Å². The SMILES string of the molecule is CC(C)(C)c1ccc2c(-c3cccc4ccccc34)c3ccccc3c(-c3ccc4cc(-c5ccccc5)ccc4c3)c2c1. The van der Waals surface area contributed by atoms with Crippen LogP contribution in [0.1, 0.15) is 26.3 Å². The molecule has 0 atom stereocenters. The molecule has 0 saturated carbocycles. The minimum atomic E-state index is 0.0357. The lowest BCUT2D eigenvalue weighted by Crippen LogP contribution is -2.10. The van der Waals surface area contributed by atoms with Gasteiger partial charge in [-0.1, -0.05) is 154 Å². The van der Waals surface area contributed by atoms with Crippen LogP contribution in [0.25, 0.3) is 76.5 Å². The average Bonchev–Trinajstić information content (AvgIpc) is 3.06. The zero-order valence-corrected chi connectivity index (χ0v) is 25.4. The minimum Gasteiger partial charge on any atom is -0.0622 e. The molecule has 210 valence electrons. The highest BCUT2D eigenvalue weighted by atomic mass is 14.2. The van der Waals surface area contributed by atoms with Gasteiger partial charge in [0.05, 0.1) is 0 Å². The Bertz CT molecular complexity index is 2340. The van der Waals surface area contributed by atoms with Crippen molar-refractivity contribution >= 4 is 43.1 Å². The van der Waals surface area contributed by atoms with Gasteiger partial charge in [0, 0.05) is 0 Å². The van der Waals surface area contributed by atoms with E-state index in [4.69, 9.17) is 0 Å². The van der Waals surface area contributed by atoms with Crippen molar-refractivity contribution in [2.24, 2.45) is 0 Å². The third-order valence-electron chi connectivity index (χ3n) is 9.19. The topological polar surface area (TPSA) is 0 Å². The molecule has 8 aromatic rings. The second-order valence-electron chi connectivity index (χ2n) is 13.0. The predicted molar refractivity (Wildman–Crippen MR) is 191 cm³/mol. The molecule has 0 heterocycles. The Hall–Kier alpha value is -5.20. The van der Waals surface area contributed by atoms with Gasteiger partial charge in [0.15, 0.2) is 0 Å². The second kappa shape index (κ2) is 10.2. The summed E-state index contributed by atoms with van der Waals surface area (Å²) in [5, 5.41) is 10.2. The maximum absolute atomic E-state index is 2.45. The van der Waals surface area contributed by atoms with Crippen LogP contribution < -0.4 is 0 Å². The molecule has 0 nitrogen and oxygen atoms in total. The zero-order valence-electron chi connectivity index (χ0n) is 25.4. The average molecular weight is 563 g/mol. The molecule has 0 spiro atoms. The number of hydrogen-bond donors (Lipinski definition) is 0. The van der Waals surface area contributed by atoms with Crippen LogP contribution in [-0.2, 0) is 5.41 Å². The standard InChI is InChI=1S/C44H34/c1-44(2,3)35-24-25-40-41(28-35)42(34-23-22-32-26-31(20-21-33(32)27-34)29-12-5-4-6-13-29)38-17-9-10-18-39(38)43(40)37-19-11-15-30-14-7-8-16-36(30)37/h4-28H,1-3H3. The van der Waals surface area contributed by atoms with Crippen molar-refractivity contribution in [1.29, 1.82) is 0 Å². The van der Waals surface area contributed by atoms with Crippen molar-refractivity contribution in [2.75, 3.05) is 0 Å². The van der Waals surface area contributed by atoms with E-state index in [0.29, 0.717) is 0 Å². The Morgan fingerprint density at radius 3 is 1.68 bits per heavy atom. The van der Waals surface area contributed by atoms with Crippen LogP contribution in [0.15, 0.2) is 152 Å². The third-order valence-corrected chi connectivity index (χ3v) is 9.19. The molecule has 0 heteroatoms. The summed E-state index contributed by atoms with van der Waals surface area (Å²) in [6.45, 7) is 6.92. The largest absolute Gasteiger partial charge is 0.0622 e. The van der Waals surface area contributed by atoms with Gasteiger partial charge in [-0.3, -0.25) is 0 Å². The van der Waals surface area contributed by atoms with Crippen LogP contribution in [-0.4, -0.2) is 0 Å². The molecule has 0 aliphatic carbocycles. The maximum Gasteiger partial charge on any atom is -0.00201 e. The smallest absolute Gasteiger partial charge is 0.00201 e. The van der Waals surface area contributed by atoms with Crippen LogP contribution in [0.2, 0.25) is 0 Å². The summed E-state index contributed by atoms with van der Waals surface area (Å²) in [6, 6.07) is 56.1. The molecule has 8 aromatic carbocycles. The van der Waals surface area contributed by atoms with Crippen molar-refractivity contribution in [2.45, 2.75) is 26.2 Å². The molecule has 44 heavy (non-hydrogen) atoms. The molecule has 0 fully saturated rings. The monoisotopic (exact) mass is 562 g/mol. The van der Waals surface area contributed by atoms with E-state index in [-0.39, 0.29) is 5.41 Å². The van der Waals surface area contributed by atoms with Crippen molar-refractivity contribution in [3.8, 4) is 33.4 Å². The summed E-state index contributed by atoms with van der Waals surface area (Å²) in [6.07, 6.45) is 0. The van der Waals surface area contributed by atoms with Gasteiger partial charge in [-0.2, -0.15) is 0 Å². The summed E-state index contributed by atoms with van der Waals surface area (Å²) >= 11 is 0. The first-order chi connectivity index (χ1) is 21.5. The fourth-order valence-electron chi connectivity index (χ4n) is 6.90. The Morgan fingerprint density at radius 2 is 0.932 bits per heavy atom. The molecule has 0 unspecified atom stereocenters. The Labute approximate surface area is 259 Å². The normalized spacial score (nSPS) is 12.0. The van der Waals surface area contributed by atoms with Gasteiger partial charge in [-0.05, 0) is 106 Å². The highest BCUT2D eigenvalue weighted by molar-refractivity contribution is 6.24. The van der Waals surface area contributed by atoms with E-state index in [9.17, 15) is 0 Å². The summed E-state index contributed by atoms with van der Waals surface area (Å²) in [5.74, 6) is 0. The molecule has 0 amide bonds. The van der Waals surface area contributed by atoms with Gasteiger partial charge >= 0.3 is 0 Å². The lowest BCUT2D eigenvalue weighted by atomic mass is 9.80. The van der Waals surface area contributed by atoms with Crippen LogP contribution in [0.3, 0.4) is 0 Å². The van der Waals surface area contributed by atoms with E-state index in [2.05, 4.69) is 172 Å². The van der Waals surface area contributed by atoms with Crippen LogP contribution >= 0.6 is 0 Å². The number of fused-ring (bicyclic) bond motifs is 4. The van der Waals surface area contributed by atoms with Crippen molar-refractivity contribution < 1.29 is 0 Å². The number of rotatable bonds is 3. The fourth-order valence-corrected chi connectivity index (χ4v) is 6.90. The van der Waals surface area contributed by atoms with Gasteiger partial charge in [-0.25, -0.2) is 0 Å². The van der Waals surface area contributed by atoms with Crippen LogP contribution in [0, 0.1) is 0 Å². The van der Waals surface area contributed by atoms with Crippen LogP contribution in [0.4, 0.5) is 0 Å². The second-order valence-corrected chi connectivity index (χ2v) is 13.0. The molecular formula is C44H34. The van der Waals surface area contributed by atoms with Crippen molar-refractivity contribution in [3.63, 3.8) is 0 Å². The molecular weight excluding hydrogens is 528 g/mol. The molecule has 0 bridgehead atoms. The maximum atomic E-state index is 2.45. The summed E-state index contributed by atoms with van der Waals surface area (Å²) in [4.78, 5) is 0. The lowest BCUT2D eigenvalue weighted by Gasteiger charge is -2.23. The number of benzene rings is 8. The first-order valence-corrected chi connectivity index (χ1v) is 15.5. The molecule has 0 aromatic heterocycles. The first-order valence-electron chi connectivity index (χ1n) is 15.5. The minimum absolute atomic E-state index is 0.0357. The summed E-state index contributed by atoms with van der Waals surface area (Å²) in [5.41, 5.74) is 9.02. The van der Waals surface area contributed by atoms with Gasteiger partial charge in [0.1, 0.15) is 0 Å². The van der Waals surface area contributed by atoms with Gasteiger partial charge in [0.25, 0.3) is 0 Å². The first kappa shape index (κ1) is 26.4. The summed E-state index contributed by atoms with van der Waals surface area (Å²) < 4.78 is 0. The van der Waals surface area contributed by atoms with Crippen molar-refractivity contribution in [1.82, 2.24) is 0 Å². The quantitative estimate of drug-likeness (QED) is 0.188. The van der Waals surface area contributed by atoms with Gasteiger partial charge < -0.3 is 0 Å². The molecule has 0 aliphatic rings. The van der Waals surface area contributed by atoms with Crippen LogP contribution in [0.5, 0.6) is 0 Å². The van der Waals surface area contributed by atoms with E-state index in [1.807, 2.05) is 0 Å². The molecule has 0 aliphatic heterocycles. The van der Waals surface area contributed by atoms with E-state index < -0.39 is 0 Å². The van der Waals surface area contributed by atoms with E-state index >= 15 is 0 Å². The van der Waals surface area contributed by atoms with Gasteiger partial charge in [0.2, 0.25) is 0 Å². The molecule has 0 saturated heterocycles.